The summed E-state index contributed by atoms with van der Waals surface area (Å²) >= 11 is 0. The molecule has 0 amide bonds. The Morgan fingerprint density at radius 3 is 2.41 bits per heavy atom. The lowest BCUT2D eigenvalue weighted by Crippen LogP contribution is -2.10. The second-order valence-corrected chi connectivity index (χ2v) is 3.88. The minimum absolute atomic E-state index is 0.00213. The summed E-state index contributed by atoms with van der Waals surface area (Å²) in [4.78, 5) is 15.7. The first kappa shape index (κ1) is 11.3. The van der Waals surface area contributed by atoms with Crippen LogP contribution in [-0.2, 0) is 4.79 Å². The van der Waals surface area contributed by atoms with E-state index in [1.165, 1.54) is 6.92 Å². The number of phenolic OH excluding ortho intramolecular Hbond substituents is 1. The largest absolute Gasteiger partial charge is 0.508 e. The van der Waals surface area contributed by atoms with Gasteiger partial charge in [0.15, 0.2) is 0 Å². The van der Waals surface area contributed by atoms with Gasteiger partial charge in [0.05, 0.1) is 5.92 Å². The van der Waals surface area contributed by atoms with Gasteiger partial charge in [-0.3, -0.25) is 9.78 Å². The highest BCUT2D eigenvalue weighted by Crippen LogP contribution is 2.31. The summed E-state index contributed by atoms with van der Waals surface area (Å²) in [5.41, 5.74) is 1.47. The number of ketones is 1. The highest BCUT2D eigenvalue weighted by atomic mass is 16.3. The van der Waals surface area contributed by atoms with Gasteiger partial charge in [0.2, 0.25) is 0 Å². The van der Waals surface area contributed by atoms with Crippen molar-refractivity contribution in [3.05, 3.63) is 59.9 Å². The molecule has 86 valence electrons. The fourth-order valence-corrected chi connectivity index (χ4v) is 1.92. The van der Waals surface area contributed by atoms with Crippen molar-refractivity contribution in [2.45, 2.75) is 12.8 Å². The van der Waals surface area contributed by atoms with Crippen molar-refractivity contribution in [2.75, 3.05) is 0 Å². The molecule has 1 N–H and O–H groups in total. The van der Waals surface area contributed by atoms with Crippen LogP contribution in [0.1, 0.15) is 24.0 Å². The third kappa shape index (κ3) is 2.33. The summed E-state index contributed by atoms with van der Waals surface area (Å²) in [5, 5.41) is 9.82. The molecular weight excluding hydrogens is 214 g/mol. The summed E-state index contributed by atoms with van der Waals surface area (Å²) in [6.45, 7) is 1.53. The zero-order valence-corrected chi connectivity index (χ0v) is 9.50. The number of carbonyl (C=O) groups is 1. The molecule has 0 aliphatic heterocycles. The zero-order chi connectivity index (χ0) is 12.3. The Morgan fingerprint density at radius 1 is 1.18 bits per heavy atom. The highest BCUT2D eigenvalue weighted by Gasteiger charge is 2.21. The van der Waals surface area contributed by atoms with Crippen molar-refractivity contribution in [3.63, 3.8) is 0 Å². The van der Waals surface area contributed by atoms with Gasteiger partial charge in [0.1, 0.15) is 11.5 Å². The number of pyridine rings is 1. The van der Waals surface area contributed by atoms with E-state index in [2.05, 4.69) is 4.98 Å². The number of para-hydroxylation sites is 1. The average Bonchev–Trinajstić information content (AvgIpc) is 2.33. The van der Waals surface area contributed by atoms with E-state index < -0.39 is 5.92 Å². The van der Waals surface area contributed by atoms with E-state index in [1.807, 2.05) is 6.07 Å². The molecule has 2 rings (SSSR count). The topological polar surface area (TPSA) is 50.2 Å². The van der Waals surface area contributed by atoms with Crippen molar-refractivity contribution in [1.29, 1.82) is 0 Å². The smallest absolute Gasteiger partial charge is 0.141 e. The van der Waals surface area contributed by atoms with Gasteiger partial charge in [-0.25, -0.2) is 0 Å². The molecule has 0 radical (unpaired) electrons. The van der Waals surface area contributed by atoms with E-state index in [0.29, 0.717) is 5.56 Å². The van der Waals surface area contributed by atoms with Crippen LogP contribution in [0, 0.1) is 0 Å². The van der Waals surface area contributed by atoms with Crippen molar-refractivity contribution in [3.8, 4) is 5.75 Å². The Kier molecular flexibility index (Phi) is 3.19. The first-order chi connectivity index (χ1) is 8.20. The van der Waals surface area contributed by atoms with Gasteiger partial charge in [-0.15, -0.1) is 0 Å². The van der Waals surface area contributed by atoms with E-state index in [9.17, 15) is 9.90 Å². The van der Waals surface area contributed by atoms with Gasteiger partial charge >= 0.3 is 0 Å². The van der Waals surface area contributed by atoms with Crippen LogP contribution in [0.4, 0.5) is 0 Å². The number of phenols is 1. The SMILES string of the molecule is CC(=O)C(c1ccncc1)c1ccccc1O. The van der Waals surface area contributed by atoms with Crippen LogP contribution in [0.15, 0.2) is 48.8 Å². The van der Waals surface area contributed by atoms with E-state index in [4.69, 9.17) is 0 Å². The van der Waals surface area contributed by atoms with E-state index in [-0.39, 0.29) is 11.5 Å². The van der Waals surface area contributed by atoms with Crippen molar-refractivity contribution < 1.29 is 9.90 Å². The molecule has 0 saturated heterocycles. The second-order valence-electron chi connectivity index (χ2n) is 3.88. The Bertz CT molecular complexity index is 523. The number of nitrogens with zero attached hydrogens (tertiary/aromatic N) is 1. The molecule has 2 aromatic rings. The van der Waals surface area contributed by atoms with Gasteiger partial charge in [-0.05, 0) is 30.7 Å². The van der Waals surface area contributed by atoms with Crippen LogP contribution >= 0.6 is 0 Å². The molecule has 3 nitrogen and oxygen atoms in total. The molecule has 1 aromatic carbocycles. The third-order valence-corrected chi connectivity index (χ3v) is 2.69. The molecular formula is C14H13NO2. The minimum atomic E-state index is -0.431. The molecule has 17 heavy (non-hydrogen) atoms. The predicted molar refractivity (Wildman–Crippen MR) is 64.9 cm³/mol. The van der Waals surface area contributed by atoms with Crippen LogP contribution in [0.3, 0.4) is 0 Å². The molecule has 0 bridgehead atoms. The van der Waals surface area contributed by atoms with E-state index in [0.717, 1.165) is 5.56 Å². The predicted octanol–water partition coefficient (Wildman–Crippen LogP) is 2.51. The van der Waals surface area contributed by atoms with Gasteiger partial charge in [0.25, 0.3) is 0 Å². The van der Waals surface area contributed by atoms with Crippen LogP contribution in [-0.4, -0.2) is 15.9 Å². The van der Waals surface area contributed by atoms with Gasteiger partial charge in [0, 0.05) is 18.0 Å². The van der Waals surface area contributed by atoms with Crippen LogP contribution in [0.5, 0.6) is 5.75 Å². The average molecular weight is 227 g/mol. The Morgan fingerprint density at radius 2 is 1.82 bits per heavy atom. The number of Topliss-reactive ketones (excluding diaryl/α,β-unsaturated/α-hetero) is 1. The number of aromatic hydroxyl groups is 1. The maximum atomic E-state index is 11.8. The molecule has 1 aromatic heterocycles. The number of aromatic nitrogens is 1. The first-order valence-corrected chi connectivity index (χ1v) is 5.38. The third-order valence-electron chi connectivity index (χ3n) is 2.69. The Hall–Kier alpha value is -2.16. The van der Waals surface area contributed by atoms with Gasteiger partial charge in [-0.2, -0.15) is 0 Å². The number of benzene rings is 1. The standard InChI is InChI=1S/C14H13NO2/c1-10(16)14(11-6-8-15-9-7-11)12-4-2-3-5-13(12)17/h2-9,14,17H,1H3. The molecule has 0 saturated carbocycles. The Balaban J connectivity index is 2.51. The summed E-state index contributed by atoms with van der Waals surface area (Å²) < 4.78 is 0. The second kappa shape index (κ2) is 4.78. The molecule has 1 atom stereocenters. The Labute approximate surface area is 99.8 Å². The number of hydrogen-bond donors (Lipinski definition) is 1. The molecule has 3 heteroatoms. The van der Waals surface area contributed by atoms with Gasteiger partial charge < -0.3 is 5.11 Å². The van der Waals surface area contributed by atoms with Crippen LogP contribution in [0.2, 0.25) is 0 Å². The monoisotopic (exact) mass is 227 g/mol. The summed E-state index contributed by atoms with van der Waals surface area (Å²) in [6, 6.07) is 10.5. The maximum Gasteiger partial charge on any atom is 0.141 e. The fourth-order valence-electron chi connectivity index (χ4n) is 1.92. The lowest BCUT2D eigenvalue weighted by molar-refractivity contribution is -0.117. The van der Waals surface area contributed by atoms with Crippen LogP contribution < -0.4 is 0 Å². The molecule has 1 unspecified atom stereocenters. The normalized spacial score (nSPS) is 12.1. The molecule has 1 heterocycles. The number of carbonyl (C=O) groups excluding carboxylic acids is 1. The molecule has 0 spiro atoms. The first-order valence-electron chi connectivity index (χ1n) is 5.38. The minimum Gasteiger partial charge on any atom is -0.508 e. The summed E-state index contributed by atoms with van der Waals surface area (Å²) in [7, 11) is 0. The molecule has 0 aliphatic rings. The van der Waals surface area contributed by atoms with E-state index >= 15 is 0 Å². The van der Waals surface area contributed by atoms with Crippen molar-refractivity contribution in [2.24, 2.45) is 0 Å². The quantitative estimate of drug-likeness (QED) is 0.876. The van der Waals surface area contributed by atoms with Crippen molar-refractivity contribution >= 4 is 5.78 Å². The molecule has 0 aliphatic carbocycles. The van der Waals surface area contributed by atoms with E-state index in [1.54, 1.807) is 42.7 Å². The summed E-state index contributed by atoms with van der Waals surface area (Å²) in [6.07, 6.45) is 3.29. The van der Waals surface area contributed by atoms with Crippen LogP contribution in [0.25, 0.3) is 0 Å². The lowest BCUT2D eigenvalue weighted by atomic mass is 9.88. The fraction of sp³-hybridized carbons (Fsp3) is 0.143. The number of rotatable bonds is 3. The number of hydrogen-bond acceptors (Lipinski definition) is 3. The van der Waals surface area contributed by atoms with Gasteiger partial charge in [-0.1, -0.05) is 18.2 Å². The molecule has 0 fully saturated rings. The zero-order valence-electron chi connectivity index (χ0n) is 9.50. The summed E-state index contributed by atoms with van der Waals surface area (Å²) in [5.74, 6) is -0.290. The maximum absolute atomic E-state index is 11.8. The lowest BCUT2D eigenvalue weighted by Gasteiger charge is -2.15. The highest BCUT2D eigenvalue weighted by molar-refractivity contribution is 5.87. The van der Waals surface area contributed by atoms with Crippen molar-refractivity contribution in [1.82, 2.24) is 4.98 Å².